The molecule has 1 rings (SSSR count). The van der Waals surface area contributed by atoms with Crippen LogP contribution in [0.25, 0.3) is 0 Å². The molecule has 0 saturated carbocycles. The van der Waals surface area contributed by atoms with Gasteiger partial charge in [0, 0.05) is 23.3 Å². The fourth-order valence-electron chi connectivity index (χ4n) is 0.881. The largest absolute Gasteiger partial charge is 0.386 e. The zero-order valence-corrected chi connectivity index (χ0v) is 7.62. The van der Waals surface area contributed by atoms with E-state index in [0.29, 0.717) is 5.69 Å². The molecule has 0 aliphatic rings. The van der Waals surface area contributed by atoms with E-state index in [-0.39, 0.29) is 5.75 Å². The molecule has 0 amide bonds. The summed E-state index contributed by atoms with van der Waals surface area (Å²) in [4.78, 5) is 3.95. The van der Waals surface area contributed by atoms with Gasteiger partial charge in [-0.2, -0.15) is 0 Å². The summed E-state index contributed by atoms with van der Waals surface area (Å²) < 4.78 is 10.8. The van der Waals surface area contributed by atoms with E-state index in [1.807, 2.05) is 0 Å². The van der Waals surface area contributed by atoms with Crippen LogP contribution in [0.4, 0.5) is 0 Å². The number of nitrogens with zero attached hydrogens (tertiary/aromatic N) is 1. The van der Waals surface area contributed by atoms with Gasteiger partial charge in [0.05, 0.1) is 11.4 Å². The first-order chi connectivity index (χ1) is 5.70. The Hall–Kier alpha value is -0.740. The molecule has 0 saturated heterocycles. The Kier molecular flexibility index (Phi) is 3.37. The number of pyridine rings is 1. The van der Waals surface area contributed by atoms with E-state index in [0.717, 1.165) is 0 Å². The van der Waals surface area contributed by atoms with E-state index in [9.17, 15) is 9.32 Å². The van der Waals surface area contributed by atoms with Crippen molar-refractivity contribution >= 4 is 10.8 Å². The van der Waals surface area contributed by atoms with Gasteiger partial charge in [-0.15, -0.1) is 0 Å². The first-order valence-corrected chi connectivity index (χ1v) is 5.32. The maximum Gasteiger partial charge on any atom is 0.107 e. The minimum absolute atomic E-state index is 0.247. The predicted octanol–water partition coefficient (Wildman–Crippen LogP) is 0.493. The minimum atomic E-state index is -0.986. The van der Waals surface area contributed by atoms with Crippen molar-refractivity contribution < 1.29 is 9.32 Å². The van der Waals surface area contributed by atoms with Gasteiger partial charge in [-0.05, 0) is 12.1 Å². The van der Waals surface area contributed by atoms with Gasteiger partial charge in [-0.1, -0.05) is 6.07 Å². The van der Waals surface area contributed by atoms with Crippen LogP contribution < -0.4 is 0 Å². The van der Waals surface area contributed by atoms with Crippen molar-refractivity contribution in [1.82, 2.24) is 4.98 Å². The summed E-state index contributed by atoms with van der Waals surface area (Å²) in [5.74, 6) is 0.247. The highest BCUT2D eigenvalue weighted by Crippen LogP contribution is 2.08. The van der Waals surface area contributed by atoms with E-state index >= 15 is 0 Å². The molecule has 66 valence electrons. The summed E-state index contributed by atoms with van der Waals surface area (Å²) in [6.45, 7) is 0. The van der Waals surface area contributed by atoms with E-state index in [2.05, 4.69) is 4.98 Å². The van der Waals surface area contributed by atoms with Crippen LogP contribution in [0.1, 0.15) is 11.8 Å². The molecule has 0 aromatic carbocycles. The molecule has 0 radical (unpaired) electrons. The summed E-state index contributed by atoms with van der Waals surface area (Å²) in [6, 6.07) is 5.29. The molecule has 3 nitrogen and oxygen atoms in total. The van der Waals surface area contributed by atoms with Gasteiger partial charge in [-0.3, -0.25) is 9.19 Å². The lowest BCUT2D eigenvalue weighted by atomic mass is 10.2. The zero-order valence-electron chi connectivity index (χ0n) is 6.80. The van der Waals surface area contributed by atoms with E-state index in [4.69, 9.17) is 0 Å². The van der Waals surface area contributed by atoms with Crippen LogP contribution in [0.15, 0.2) is 24.4 Å². The molecule has 1 aromatic rings. The molecular weight excluding hydrogens is 174 g/mol. The Bertz CT molecular complexity index is 263. The van der Waals surface area contributed by atoms with Crippen LogP contribution >= 0.6 is 0 Å². The number of aliphatic hydroxyl groups is 1. The van der Waals surface area contributed by atoms with Crippen LogP contribution in [-0.4, -0.2) is 26.3 Å². The van der Waals surface area contributed by atoms with Crippen molar-refractivity contribution in [2.75, 3.05) is 12.0 Å². The monoisotopic (exact) mass is 185 g/mol. The molecule has 0 aliphatic heterocycles. The Balaban J connectivity index is 2.65. The van der Waals surface area contributed by atoms with Crippen molar-refractivity contribution in [3.63, 3.8) is 0 Å². The summed E-state index contributed by atoms with van der Waals surface area (Å²) in [7, 11) is -0.986. The Morgan fingerprint density at radius 3 is 2.92 bits per heavy atom. The highest BCUT2D eigenvalue weighted by Gasteiger charge is 2.09. The first kappa shape index (κ1) is 9.35. The molecule has 0 aliphatic carbocycles. The van der Waals surface area contributed by atoms with Crippen LogP contribution in [0, 0.1) is 0 Å². The topological polar surface area (TPSA) is 50.2 Å². The van der Waals surface area contributed by atoms with Gasteiger partial charge in [-0.25, -0.2) is 0 Å². The van der Waals surface area contributed by atoms with Crippen molar-refractivity contribution in [2.24, 2.45) is 0 Å². The molecular formula is C8H11NO2S. The van der Waals surface area contributed by atoms with E-state index < -0.39 is 16.9 Å². The fourth-order valence-corrected chi connectivity index (χ4v) is 1.50. The Morgan fingerprint density at radius 1 is 1.67 bits per heavy atom. The molecule has 4 heteroatoms. The molecule has 0 bridgehead atoms. The van der Waals surface area contributed by atoms with Crippen molar-refractivity contribution in [3.8, 4) is 0 Å². The second-order valence-electron chi connectivity index (χ2n) is 2.51. The number of hydrogen-bond acceptors (Lipinski definition) is 3. The molecule has 1 heterocycles. The quantitative estimate of drug-likeness (QED) is 0.745. The van der Waals surface area contributed by atoms with Gasteiger partial charge in [0.1, 0.15) is 6.10 Å². The lowest BCUT2D eigenvalue weighted by Crippen LogP contribution is -2.08. The summed E-state index contributed by atoms with van der Waals surface area (Å²) in [5.41, 5.74) is 0.577. The maximum atomic E-state index is 10.8. The first-order valence-electron chi connectivity index (χ1n) is 3.59. The van der Waals surface area contributed by atoms with Gasteiger partial charge in [0.15, 0.2) is 0 Å². The van der Waals surface area contributed by atoms with Crippen LogP contribution in [0.2, 0.25) is 0 Å². The van der Waals surface area contributed by atoms with Crippen LogP contribution in [-0.2, 0) is 10.8 Å². The minimum Gasteiger partial charge on any atom is -0.386 e. The number of hydrogen-bond donors (Lipinski definition) is 1. The molecule has 0 spiro atoms. The standard InChI is InChI=1S/C8H11NO2S/c1-12(11)6-8(10)7-4-2-3-5-9-7/h2-5,8,10H,6H2,1H3/t8-,12+/m1/s1. The van der Waals surface area contributed by atoms with Gasteiger partial charge >= 0.3 is 0 Å². The molecule has 0 fully saturated rings. The zero-order chi connectivity index (χ0) is 8.97. The third kappa shape index (κ3) is 2.71. The van der Waals surface area contributed by atoms with Crippen molar-refractivity contribution in [3.05, 3.63) is 30.1 Å². The molecule has 12 heavy (non-hydrogen) atoms. The van der Waals surface area contributed by atoms with Gasteiger partial charge in [0.2, 0.25) is 0 Å². The molecule has 1 N–H and O–H groups in total. The predicted molar refractivity (Wildman–Crippen MR) is 48.1 cm³/mol. The smallest absolute Gasteiger partial charge is 0.107 e. The summed E-state index contributed by atoms with van der Waals surface area (Å²) >= 11 is 0. The number of aliphatic hydroxyl groups excluding tert-OH is 1. The van der Waals surface area contributed by atoms with Crippen LogP contribution in [0.3, 0.4) is 0 Å². The summed E-state index contributed by atoms with van der Waals surface area (Å²) in [6.07, 6.45) is 2.46. The third-order valence-electron chi connectivity index (χ3n) is 1.42. The molecule has 1 aromatic heterocycles. The van der Waals surface area contributed by atoms with Gasteiger partial charge < -0.3 is 5.11 Å². The fraction of sp³-hybridized carbons (Fsp3) is 0.375. The lowest BCUT2D eigenvalue weighted by Gasteiger charge is -2.06. The van der Waals surface area contributed by atoms with E-state index in [1.54, 1.807) is 30.7 Å². The van der Waals surface area contributed by atoms with Crippen LogP contribution in [0.5, 0.6) is 0 Å². The third-order valence-corrected chi connectivity index (χ3v) is 2.21. The van der Waals surface area contributed by atoms with E-state index in [1.165, 1.54) is 0 Å². The second kappa shape index (κ2) is 4.33. The number of aromatic nitrogens is 1. The Labute approximate surface area is 73.9 Å². The highest BCUT2D eigenvalue weighted by atomic mass is 32.2. The molecule has 0 unspecified atom stereocenters. The maximum absolute atomic E-state index is 10.8. The summed E-state index contributed by atoms with van der Waals surface area (Å²) in [5, 5.41) is 9.44. The average Bonchev–Trinajstić information content (AvgIpc) is 2.05. The van der Waals surface area contributed by atoms with Crippen molar-refractivity contribution in [2.45, 2.75) is 6.10 Å². The normalized spacial score (nSPS) is 15.5. The highest BCUT2D eigenvalue weighted by molar-refractivity contribution is 7.84. The lowest BCUT2D eigenvalue weighted by molar-refractivity contribution is 0.198. The Morgan fingerprint density at radius 2 is 2.42 bits per heavy atom. The van der Waals surface area contributed by atoms with Gasteiger partial charge in [0.25, 0.3) is 0 Å². The SMILES string of the molecule is C[S@](=O)C[C@@H](O)c1ccccn1. The second-order valence-corrected chi connectivity index (χ2v) is 3.99. The number of rotatable bonds is 3. The molecule has 2 atom stereocenters. The average molecular weight is 185 g/mol. The van der Waals surface area contributed by atoms with Crippen molar-refractivity contribution in [1.29, 1.82) is 0 Å².